The molecule has 0 radical (unpaired) electrons. The molecule has 0 saturated carbocycles. The van der Waals surface area contributed by atoms with Crippen LogP contribution in [0.2, 0.25) is 0 Å². The number of benzene rings is 1. The van der Waals surface area contributed by atoms with Crippen molar-refractivity contribution in [2.24, 2.45) is 5.84 Å². The van der Waals surface area contributed by atoms with Crippen LogP contribution in [0.15, 0.2) is 30.3 Å². The molecule has 13 heavy (non-hydrogen) atoms. The van der Waals surface area contributed by atoms with E-state index in [1.54, 1.807) is 0 Å². The standard InChI is InChI=1S/C11H18N2/c1-2-3-9-11(13-12)10-7-5-4-6-8-10/h4-8,11,13H,2-3,9,12H2,1H3/t11-/m1/s1. The van der Waals surface area contributed by atoms with Crippen molar-refractivity contribution in [3.8, 4) is 0 Å². The van der Waals surface area contributed by atoms with Gasteiger partial charge >= 0.3 is 0 Å². The molecule has 1 rings (SSSR count). The molecule has 3 N–H and O–H groups in total. The third kappa shape index (κ3) is 3.17. The van der Waals surface area contributed by atoms with E-state index in [4.69, 9.17) is 5.84 Å². The van der Waals surface area contributed by atoms with Gasteiger partial charge in [0.1, 0.15) is 0 Å². The summed E-state index contributed by atoms with van der Waals surface area (Å²) >= 11 is 0. The molecule has 1 atom stereocenters. The summed E-state index contributed by atoms with van der Waals surface area (Å²) in [5.74, 6) is 5.50. The van der Waals surface area contributed by atoms with Crippen molar-refractivity contribution in [1.82, 2.24) is 5.43 Å². The molecule has 0 aromatic heterocycles. The van der Waals surface area contributed by atoms with E-state index < -0.39 is 0 Å². The Morgan fingerprint density at radius 1 is 1.31 bits per heavy atom. The minimum absolute atomic E-state index is 0.307. The minimum atomic E-state index is 0.307. The smallest absolute Gasteiger partial charge is 0.0460 e. The number of nitrogens with two attached hydrogens (primary N) is 1. The molecule has 0 fully saturated rings. The number of unbranched alkanes of at least 4 members (excludes halogenated alkanes) is 1. The van der Waals surface area contributed by atoms with E-state index in [1.165, 1.54) is 18.4 Å². The van der Waals surface area contributed by atoms with Crippen LogP contribution in [0, 0.1) is 0 Å². The van der Waals surface area contributed by atoms with Crippen LogP contribution in [-0.2, 0) is 0 Å². The fourth-order valence-electron chi connectivity index (χ4n) is 1.44. The highest BCUT2D eigenvalue weighted by atomic mass is 15.2. The summed E-state index contributed by atoms with van der Waals surface area (Å²) in [7, 11) is 0. The number of nitrogens with one attached hydrogen (secondary N) is 1. The predicted molar refractivity (Wildman–Crippen MR) is 56.0 cm³/mol. The molecule has 2 heteroatoms. The van der Waals surface area contributed by atoms with Crippen LogP contribution in [-0.4, -0.2) is 0 Å². The third-order valence-corrected chi connectivity index (χ3v) is 2.25. The Labute approximate surface area is 80.1 Å². The average Bonchev–Trinajstić information content (AvgIpc) is 2.21. The summed E-state index contributed by atoms with van der Waals surface area (Å²) in [5.41, 5.74) is 4.13. The van der Waals surface area contributed by atoms with Gasteiger partial charge in [-0.1, -0.05) is 50.1 Å². The van der Waals surface area contributed by atoms with Crippen LogP contribution in [0.3, 0.4) is 0 Å². The van der Waals surface area contributed by atoms with Crippen molar-refractivity contribution in [3.63, 3.8) is 0 Å². The zero-order valence-corrected chi connectivity index (χ0v) is 8.16. The van der Waals surface area contributed by atoms with Gasteiger partial charge in [0.25, 0.3) is 0 Å². The fraction of sp³-hybridized carbons (Fsp3) is 0.455. The van der Waals surface area contributed by atoms with Gasteiger partial charge in [-0.3, -0.25) is 11.3 Å². The van der Waals surface area contributed by atoms with E-state index in [0.29, 0.717) is 6.04 Å². The van der Waals surface area contributed by atoms with Gasteiger partial charge in [0.15, 0.2) is 0 Å². The minimum Gasteiger partial charge on any atom is -0.271 e. The second-order valence-corrected chi connectivity index (χ2v) is 3.27. The normalized spacial score (nSPS) is 12.8. The lowest BCUT2D eigenvalue weighted by molar-refractivity contribution is 0.495. The average molecular weight is 178 g/mol. The lowest BCUT2D eigenvalue weighted by atomic mass is 10.0. The van der Waals surface area contributed by atoms with Crippen LogP contribution >= 0.6 is 0 Å². The molecule has 0 aliphatic carbocycles. The second-order valence-electron chi connectivity index (χ2n) is 3.27. The topological polar surface area (TPSA) is 38.0 Å². The summed E-state index contributed by atoms with van der Waals surface area (Å²) < 4.78 is 0. The molecule has 0 bridgehead atoms. The fourth-order valence-corrected chi connectivity index (χ4v) is 1.44. The van der Waals surface area contributed by atoms with Gasteiger partial charge < -0.3 is 0 Å². The highest BCUT2D eigenvalue weighted by Crippen LogP contribution is 2.17. The lowest BCUT2D eigenvalue weighted by Gasteiger charge is -2.15. The molecular formula is C11H18N2. The first kappa shape index (κ1) is 10.2. The van der Waals surface area contributed by atoms with Crippen molar-refractivity contribution in [1.29, 1.82) is 0 Å². The monoisotopic (exact) mass is 178 g/mol. The van der Waals surface area contributed by atoms with Crippen LogP contribution < -0.4 is 11.3 Å². The summed E-state index contributed by atoms with van der Waals surface area (Å²) in [5, 5.41) is 0. The Morgan fingerprint density at radius 3 is 2.54 bits per heavy atom. The van der Waals surface area contributed by atoms with Crippen LogP contribution in [0.25, 0.3) is 0 Å². The maximum Gasteiger partial charge on any atom is 0.0460 e. The SMILES string of the molecule is CCCC[C@@H](NN)c1ccccc1. The van der Waals surface area contributed by atoms with Crippen molar-refractivity contribution < 1.29 is 0 Å². The molecule has 0 heterocycles. The van der Waals surface area contributed by atoms with Crippen LogP contribution in [0.1, 0.15) is 37.8 Å². The molecule has 0 amide bonds. The summed E-state index contributed by atoms with van der Waals surface area (Å²) in [4.78, 5) is 0. The lowest BCUT2D eigenvalue weighted by Crippen LogP contribution is -2.27. The van der Waals surface area contributed by atoms with Gasteiger partial charge in [0.2, 0.25) is 0 Å². The molecule has 0 aliphatic rings. The number of hydrazine groups is 1. The van der Waals surface area contributed by atoms with Gasteiger partial charge in [0, 0.05) is 6.04 Å². The van der Waals surface area contributed by atoms with E-state index in [0.717, 1.165) is 6.42 Å². The molecule has 2 nitrogen and oxygen atoms in total. The molecular weight excluding hydrogens is 160 g/mol. The van der Waals surface area contributed by atoms with Crippen LogP contribution in [0.4, 0.5) is 0 Å². The van der Waals surface area contributed by atoms with Crippen molar-refractivity contribution in [3.05, 3.63) is 35.9 Å². The summed E-state index contributed by atoms with van der Waals surface area (Å²) in [6.07, 6.45) is 3.53. The first-order valence-corrected chi connectivity index (χ1v) is 4.89. The Morgan fingerprint density at radius 2 is 2.00 bits per heavy atom. The third-order valence-electron chi connectivity index (χ3n) is 2.25. The molecule has 1 aromatic carbocycles. The van der Waals surface area contributed by atoms with Gasteiger partial charge in [0.05, 0.1) is 0 Å². The quantitative estimate of drug-likeness (QED) is 0.536. The Balaban J connectivity index is 2.56. The van der Waals surface area contributed by atoms with Gasteiger partial charge in [-0.15, -0.1) is 0 Å². The summed E-state index contributed by atoms with van der Waals surface area (Å²) in [6.45, 7) is 2.19. The van der Waals surface area contributed by atoms with E-state index in [1.807, 2.05) is 18.2 Å². The zero-order chi connectivity index (χ0) is 9.52. The molecule has 0 saturated heterocycles. The van der Waals surface area contributed by atoms with Crippen molar-refractivity contribution in [2.75, 3.05) is 0 Å². The zero-order valence-electron chi connectivity index (χ0n) is 8.16. The molecule has 1 aromatic rings. The van der Waals surface area contributed by atoms with Crippen molar-refractivity contribution >= 4 is 0 Å². The molecule has 0 aliphatic heterocycles. The van der Waals surface area contributed by atoms with E-state index in [-0.39, 0.29) is 0 Å². The van der Waals surface area contributed by atoms with E-state index >= 15 is 0 Å². The number of hydrogen-bond donors (Lipinski definition) is 2. The van der Waals surface area contributed by atoms with Gasteiger partial charge in [-0.25, -0.2) is 0 Å². The Bertz CT molecular complexity index is 221. The van der Waals surface area contributed by atoms with Crippen molar-refractivity contribution in [2.45, 2.75) is 32.2 Å². The number of rotatable bonds is 5. The first-order valence-electron chi connectivity index (χ1n) is 4.89. The number of hydrogen-bond acceptors (Lipinski definition) is 2. The summed E-state index contributed by atoms with van der Waals surface area (Å²) in [6, 6.07) is 10.6. The highest BCUT2D eigenvalue weighted by Gasteiger charge is 2.06. The molecule has 0 spiro atoms. The van der Waals surface area contributed by atoms with Crippen LogP contribution in [0.5, 0.6) is 0 Å². The predicted octanol–water partition coefficient (Wildman–Crippen LogP) is 2.38. The molecule has 72 valence electrons. The Hall–Kier alpha value is -0.860. The molecule has 0 unspecified atom stereocenters. The van der Waals surface area contributed by atoms with E-state index in [9.17, 15) is 0 Å². The maximum absolute atomic E-state index is 5.50. The van der Waals surface area contributed by atoms with E-state index in [2.05, 4.69) is 24.5 Å². The van der Waals surface area contributed by atoms with Gasteiger partial charge in [-0.05, 0) is 12.0 Å². The first-order chi connectivity index (χ1) is 6.38. The maximum atomic E-state index is 5.50. The second kappa shape index (κ2) is 5.73. The largest absolute Gasteiger partial charge is 0.271 e. The Kier molecular flexibility index (Phi) is 4.50. The highest BCUT2D eigenvalue weighted by molar-refractivity contribution is 5.18. The van der Waals surface area contributed by atoms with Gasteiger partial charge in [-0.2, -0.15) is 0 Å².